The molecule has 0 aromatic heterocycles. The number of nitrogens with zero attached hydrogens (tertiary/aromatic N) is 1. The summed E-state index contributed by atoms with van der Waals surface area (Å²) >= 11 is 6.04. The Balaban J connectivity index is 2.78. The first-order valence-corrected chi connectivity index (χ1v) is 6.80. The van der Waals surface area contributed by atoms with Gasteiger partial charge in [0.1, 0.15) is 0 Å². The fourth-order valence-electron chi connectivity index (χ4n) is 1.83. The van der Waals surface area contributed by atoms with Crippen molar-refractivity contribution in [3.05, 3.63) is 28.8 Å². The lowest BCUT2D eigenvalue weighted by Gasteiger charge is -2.23. The highest BCUT2D eigenvalue weighted by atomic mass is 35.5. The van der Waals surface area contributed by atoms with Gasteiger partial charge in [-0.15, -0.1) is 0 Å². The zero-order chi connectivity index (χ0) is 13.5. The van der Waals surface area contributed by atoms with Crippen molar-refractivity contribution in [2.75, 3.05) is 25.0 Å². The van der Waals surface area contributed by atoms with Gasteiger partial charge < -0.3 is 15.3 Å². The van der Waals surface area contributed by atoms with Crippen molar-refractivity contribution < 1.29 is 5.11 Å². The van der Waals surface area contributed by atoms with E-state index in [1.54, 1.807) is 0 Å². The maximum Gasteiger partial charge on any atom is 0.0528 e. The standard InChI is InChI=1S/C14H23ClN2O/c1-4-16-10-12-9-13(15)5-6-14(12)17(3)8-7-11(2)18/h5-6,9,11,16,18H,4,7-8,10H2,1-3H3. The van der Waals surface area contributed by atoms with Crippen LogP contribution in [0.5, 0.6) is 0 Å². The Hall–Kier alpha value is -0.770. The van der Waals surface area contributed by atoms with Crippen LogP contribution < -0.4 is 10.2 Å². The van der Waals surface area contributed by atoms with E-state index in [2.05, 4.69) is 17.1 Å². The van der Waals surface area contributed by atoms with Crippen molar-refractivity contribution in [3.63, 3.8) is 0 Å². The van der Waals surface area contributed by atoms with Crippen molar-refractivity contribution in [3.8, 4) is 0 Å². The Bertz CT molecular complexity index is 369. The number of hydrogen-bond acceptors (Lipinski definition) is 3. The van der Waals surface area contributed by atoms with Crippen LogP contribution in [0.15, 0.2) is 18.2 Å². The summed E-state index contributed by atoms with van der Waals surface area (Å²) in [6, 6.07) is 5.95. The summed E-state index contributed by atoms with van der Waals surface area (Å²) in [7, 11) is 2.04. The second-order valence-corrected chi connectivity index (χ2v) is 5.05. The SMILES string of the molecule is CCNCc1cc(Cl)ccc1N(C)CCC(C)O. The van der Waals surface area contributed by atoms with Crippen LogP contribution in [0.25, 0.3) is 0 Å². The lowest BCUT2D eigenvalue weighted by molar-refractivity contribution is 0.187. The summed E-state index contributed by atoms with van der Waals surface area (Å²) in [4.78, 5) is 2.16. The van der Waals surface area contributed by atoms with Crippen LogP contribution in [0.4, 0.5) is 5.69 Å². The molecule has 1 aromatic rings. The molecule has 0 bridgehead atoms. The van der Waals surface area contributed by atoms with Gasteiger partial charge in [-0.1, -0.05) is 18.5 Å². The quantitative estimate of drug-likeness (QED) is 0.800. The van der Waals surface area contributed by atoms with Crippen LogP contribution >= 0.6 is 11.6 Å². The number of aliphatic hydroxyl groups excluding tert-OH is 1. The highest BCUT2D eigenvalue weighted by molar-refractivity contribution is 6.30. The van der Waals surface area contributed by atoms with Crippen molar-refractivity contribution in [1.29, 1.82) is 0 Å². The number of anilines is 1. The third-order valence-corrected chi connectivity index (χ3v) is 3.14. The molecule has 0 aliphatic heterocycles. The van der Waals surface area contributed by atoms with Gasteiger partial charge in [-0.25, -0.2) is 0 Å². The number of nitrogens with one attached hydrogen (secondary N) is 1. The van der Waals surface area contributed by atoms with Crippen LogP contribution in [0.1, 0.15) is 25.8 Å². The number of halogens is 1. The Morgan fingerprint density at radius 1 is 1.44 bits per heavy atom. The van der Waals surface area contributed by atoms with Crippen LogP contribution in [0, 0.1) is 0 Å². The van der Waals surface area contributed by atoms with E-state index in [9.17, 15) is 5.11 Å². The van der Waals surface area contributed by atoms with Gasteiger partial charge in [-0.3, -0.25) is 0 Å². The fourth-order valence-corrected chi connectivity index (χ4v) is 2.02. The molecular weight excluding hydrogens is 248 g/mol. The third kappa shape index (κ3) is 4.84. The minimum absolute atomic E-state index is 0.267. The largest absolute Gasteiger partial charge is 0.393 e. The molecule has 0 heterocycles. The summed E-state index contributed by atoms with van der Waals surface area (Å²) in [5.74, 6) is 0. The van der Waals surface area contributed by atoms with Gasteiger partial charge in [0, 0.05) is 30.8 Å². The van der Waals surface area contributed by atoms with Crippen molar-refractivity contribution in [2.24, 2.45) is 0 Å². The molecule has 0 saturated carbocycles. The number of benzene rings is 1. The van der Waals surface area contributed by atoms with Gasteiger partial charge in [-0.2, -0.15) is 0 Å². The highest BCUT2D eigenvalue weighted by Crippen LogP contribution is 2.23. The van der Waals surface area contributed by atoms with Crippen molar-refractivity contribution >= 4 is 17.3 Å². The maximum absolute atomic E-state index is 9.34. The molecule has 4 heteroatoms. The molecule has 0 spiro atoms. The lowest BCUT2D eigenvalue weighted by Crippen LogP contribution is -2.24. The summed E-state index contributed by atoms with van der Waals surface area (Å²) in [6.45, 7) is 6.48. The fraction of sp³-hybridized carbons (Fsp3) is 0.571. The molecule has 102 valence electrons. The van der Waals surface area contributed by atoms with Gasteiger partial charge >= 0.3 is 0 Å². The van der Waals surface area contributed by atoms with E-state index in [1.807, 2.05) is 32.2 Å². The molecule has 0 fully saturated rings. The number of aliphatic hydroxyl groups is 1. The first kappa shape index (κ1) is 15.3. The molecule has 18 heavy (non-hydrogen) atoms. The van der Waals surface area contributed by atoms with E-state index in [0.717, 1.165) is 31.1 Å². The summed E-state index contributed by atoms with van der Waals surface area (Å²) < 4.78 is 0. The third-order valence-electron chi connectivity index (χ3n) is 2.90. The van der Waals surface area contributed by atoms with Crippen LogP contribution in [0.2, 0.25) is 5.02 Å². The lowest BCUT2D eigenvalue weighted by atomic mass is 10.1. The van der Waals surface area contributed by atoms with E-state index >= 15 is 0 Å². The predicted octanol–water partition coefficient (Wildman–Crippen LogP) is 2.66. The van der Waals surface area contributed by atoms with Gasteiger partial charge in [-0.05, 0) is 43.7 Å². The first-order valence-electron chi connectivity index (χ1n) is 6.43. The van der Waals surface area contributed by atoms with Gasteiger partial charge in [0.2, 0.25) is 0 Å². The van der Waals surface area contributed by atoms with Gasteiger partial charge in [0.05, 0.1) is 6.10 Å². The molecule has 1 rings (SSSR count). The summed E-state index contributed by atoms with van der Waals surface area (Å²) in [5.41, 5.74) is 2.36. The Morgan fingerprint density at radius 3 is 2.78 bits per heavy atom. The molecule has 1 atom stereocenters. The van der Waals surface area contributed by atoms with Crippen LogP contribution in [-0.2, 0) is 6.54 Å². The molecular formula is C14H23ClN2O. The van der Waals surface area contributed by atoms with E-state index < -0.39 is 0 Å². The molecule has 0 aliphatic carbocycles. The minimum Gasteiger partial charge on any atom is -0.393 e. The second kappa shape index (κ2) is 7.62. The molecule has 0 aliphatic rings. The summed E-state index contributed by atoms with van der Waals surface area (Å²) in [6.07, 6.45) is 0.497. The van der Waals surface area contributed by atoms with E-state index in [1.165, 1.54) is 11.3 Å². The highest BCUT2D eigenvalue weighted by Gasteiger charge is 2.08. The normalized spacial score (nSPS) is 12.5. The molecule has 0 radical (unpaired) electrons. The monoisotopic (exact) mass is 270 g/mol. The Labute approximate surface area is 115 Å². The van der Waals surface area contributed by atoms with E-state index in [-0.39, 0.29) is 6.10 Å². The van der Waals surface area contributed by atoms with Gasteiger partial charge in [0.25, 0.3) is 0 Å². The average Bonchev–Trinajstić information content (AvgIpc) is 2.33. The topological polar surface area (TPSA) is 35.5 Å². The molecule has 2 N–H and O–H groups in total. The molecule has 3 nitrogen and oxygen atoms in total. The van der Waals surface area contributed by atoms with E-state index in [0.29, 0.717) is 0 Å². The number of rotatable bonds is 7. The average molecular weight is 271 g/mol. The van der Waals surface area contributed by atoms with E-state index in [4.69, 9.17) is 11.6 Å². The zero-order valence-corrected chi connectivity index (χ0v) is 12.2. The zero-order valence-electron chi connectivity index (χ0n) is 11.4. The van der Waals surface area contributed by atoms with Gasteiger partial charge in [0.15, 0.2) is 0 Å². The van der Waals surface area contributed by atoms with Crippen molar-refractivity contribution in [1.82, 2.24) is 5.32 Å². The molecule has 0 amide bonds. The molecule has 1 unspecified atom stereocenters. The predicted molar refractivity (Wildman–Crippen MR) is 78.4 cm³/mol. The van der Waals surface area contributed by atoms with Crippen LogP contribution in [0.3, 0.4) is 0 Å². The minimum atomic E-state index is -0.267. The number of hydrogen-bond donors (Lipinski definition) is 2. The molecule has 1 aromatic carbocycles. The smallest absolute Gasteiger partial charge is 0.0528 e. The first-order chi connectivity index (χ1) is 8.54. The van der Waals surface area contributed by atoms with Crippen LogP contribution in [-0.4, -0.2) is 31.3 Å². The Morgan fingerprint density at radius 2 is 2.17 bits per heavy atom. The summed E-state index contributed by atoms with van der Waals surface area (Å²) in [5, 5.41) is 13.4. The Kier molecular flexibility index (Phi) is 6.47. The maximum atomic E-state index is 9.34. The van der Waals surface area contributed by atoms with Crippen molar-refractivity contribution in [2.45, 2.75) is 32.9 Å². The molecule has 0 saturated heterocycles. The second-order valence-electron chi connectivity index (χ2n) is 4.61.